The Kier molecular flexibility index (Phi) is 5.35. The standard InChI is InChI=1S/C29H28Cl2O3/c1-27-15-2-3-16-28(27)33-26(25(27)32)29(34-28)21(17-19-7-11-23(30)12-8-19)5-4-6-22(29)18-20-9-13-24(31)14-10-20/h7-14,17-18,26H,2-6,15-16H2,1H3/b21-17+,22-18+/t26-,27+,28-/m0/s1. The normalized spacial score (nSPS) is 37.0. The third kappa shape index (κ3) is 3.21. The van der Waals surface area contributed by atoms with Crippen molar-refractivity contribution in [2.75, 3.05) is 0 Å². The minimum Gasteiger partial charge on any atom is -0.334 e. The fraction of sp³-hybridized carbons (Fsp3) is 0.414. The number of halogens is 2. The van der Waals surface area contributed by atoms with E-state index in [9.17, 15) is 4.79 Å². The van der Waals surface area contributed by atoms with Gasteiger partial charge >= 0.3 is 0 Å². The van der Waals surface area contributed by atoms with E-state index >= 15 is 0 Å². The first-order chi connectivity index (χ1) is 16.4. The molecule has 2 saturated carbocycles. The van der Waals surface area contributed by atoms with Gasteiger partial charge in [0.25, 0.3) is 0 Å². The van der Waals surface area contributed by atoms with Gasteiger partial charge in [-0.2, -0.15) is 0 Å². The molecular formula is C29H28Cl2O3. The number of Topliss-reactive ketones (excluding diaryl/α,β-unsaturated/α-hetero) is 1. The van der Waals surface area contributed by atoms with E-state index in [4.69, 9.17) is 32.7 Å². The van der Waals surface area contributed by atoms with Gasteiger partial charge in [0.1, 0.15) is 5.60 Å². The van der Waals surface area contributed by atoms with Gasteiger partial charge in [0.15, 0.2) is 17.7 Å². The number of carbonyl (C=O) groups is 1. The summed E-state index contributed by atoms with van der Waals surface area (Å²) >= 11 is 12.3. The Morgan fingerprint density at radius 2 is 1.35 bits per heavy atom. The van der Waals surface area contributed by atoms with Crippen molar-refractivity contribution in [3.05, 3.63) is 80.8 Å². The van der Waals surface area contributed by atoms with Crippen LogP contribution in [0.3, 0.4) is 0 Å². The number of rotatable bonds is 2. The number of fused-ring (bicyclic) bond motifs is 2. The monoisotopic (exact) mass is 494 g/mol. The maximum absolute atomic E-state index is 14.0. The predicted molar refractivity (Wildman–Crippen MR) is 136 cm³/mol. The minimum atomic E-state index is -0.870. The third-order valence-electron chi connectivity index (χ3n) is 8.33. The Hall–Kier alpha value is -1.91. The van der Waals surface area contributed by atoms with Gasteiger partial charge in [0.2, 0.25) is 0 Å². The van der Waals surface area contributed by atoms with E-state index in [1.54, 1.807) is 0 Å². The Labute approximate surface area is 210 Å². The molecule has 34 heavy (non-hydrogen) atoms. The molecule has 176 valence electrons. The first kappa shape index (κ1) is 22.5. The second kappa shape index (κ2) is 8.06. The van der Waals surface area contributed by atoms with Crippen molar-refractivity contribution >= 4 is 41.1 Å². The van der Waals surface area contributed by atoms with Crippen molar-refractivity contribution in [1.82, 2.24) is 0 Å². The summed E-state index contributed by atoms with van der Waals surface area (Å²) in [6.45, 7) is 2.05. The molecule has 2 aromatic rings. The molecule has 4 aliphatic rings. The van der Waals surface area contributed by atoms with Crippen molar-refractivity contribution in [2.45, 2.75) is 69.4 Å². The average Bonchev–Trinajstić information content (AvgIpc) is 3.28. The zero-order valence-electron chi connectivity index (χ0n) is 19.3. The highest BCUT2D eigenvalue weighted by molar-refractivity contribution is 6.30. The third-order valence-corrected chi connectivity index (χ3v) is 8.83. The van der Waals surface area contributed by atoms with Crippen molar-refractivity contribution in [2.24, 2.45) is 5.41 Å². The summed E-state index contributed by atoms with van der Waals surface area (Å²) in [7, 11) is 0. The van der Waals surface area contributed by atoms with Gasteiger partial charge in [-0.25, -0.2) is 0 Å². The van der Waals surface area contributed by atoms with Crippen molar-refractivity contribution in [1.29, 1.82) is 0 Å². The number of carbonyl (C=O) groups excluding carboxylic acids is 1. The zero-order chi connectivity index (χ0) is 23.6. The van der Waals surface area contributed by atoms with Crippen LogP contribution in [0.4, 0.5) is 0 Å². The lowest BCUT2D eigenvalue weighted by Crippen LogP contribution is -2.61. The summed E-state index contributed by atoms with van der Waals surface area (Å²) in [4.78, 5) is 14.0. The largest absolute Gasteiger partial charge is 0.334 e. The molecule has 5 heteroatoms. The van der Waals surface area contributed by atoms with Crippen LogP contribution in [0, 0.1) is 5.41 Å². The molecule has 0 N–H and O–H groups in total. The molecule has 2 spiro atoms. The van der Waals surface area contributed by atoms with E-state index in [0.29, 0.717) is 10.0 Å². The van der Waals surface area contributed by atoms with Crippen LogP contribution in [-0.4, -0.2) is 23.3 Å². The summed E-state index contributed by atoms with van der Waals surface area (Å²) in [6.07, 6.45) is 10.1. The fourth-order valence-corrected chi connectivity index (χ4v) is 6.75. The first-order valence-corrected chi connectivity index (χ1v) is 13.0. The molecular weight excluding hydrogens is 467 g/mol. The van der Waals surface area contributed by atoms with Crippen LogP contribution >= 0.6 is 23.2 Å². The fourth-order valence-electron chi connectivity index (χ4n) is 6.50. The molecule has 0 unspecified atom stereocenters. The van der Waals surface area contributed by atoms with E-state index in [0.717, 1.165) is 67.2 Å². The Morgan fingerprint density at radius 1 is 0.824 bits per heavy atom. The van der Waals surface area contributed by atoms with E-state index in [1.807, 2.05) is 48.5 Å². The van der Waals surface area contributed by atoms with Crippen molar-refractivity contribution < 1.29 is 14.3 Å². The second-order valence-corrected chi connectivity index (χ2v) is 11.2. The van der Waals surface area contributed by atoms with Crippen LogP contribution in [0.2, 0.25) is 10.0 Å². The molecule has 4 fully saturated rings. The highest BCUT2D eigenvalue weighted by Crippen LogP contribution is 2.66. The summed E-state index contributed by atoms with van der Waals surface area (Å²) in [6, 6.07) is 15.6. The average molecular weight is 495 g/mol. The maximum Gasteiger partial charge on any atom is 0.183 e. The summed E-state index contributed by atoms with van der Waals surface area (Å²) < 4.78 is 13.8. The zero-order valence-corrected chi connectivity index (χ0v) is 20.8. The van der Waals surface area contributed by atoms with Crippen molar-refractivity contribution in [3.63, 3.8) is 0 Å². The summed E-state index contributed by atoms with van der Waals surface area (Å²) in [5.74, 6) is -0.646. The molecule has 0 aromatic heterocycles. The number of ketones is 1. The topological polar surface area (TPSA) is 35.5 Å². The second-order valence-electron chi connectivity index (χ2n) is 10.3. The van der Waals surface area contributed by atoms with Crippen molar-refractivity contribution in [3.8, 4) is 0 Å². The lowest BCUT2D eigenvalue weighted by atomic mass is 9.61. The summed E-state index contributed by atoms with van der Waals surface area (Å²) in [5.41, 5.74) is 2.89. The summed E-state index contributed by atoms with van der Waals surface area (Å²) in [5, 5.41) is 1.41. The van der Waals surface area contributed by atoms with Crippen LogP contribution in [0.25, 0.3) is 12.2 Å². The Morgan fingerprint density at radius 3 is 1.91 bits per heavy atom. The molecule has 0 amide bonds. The maximum atomic E-state index is 14.0. The van der Waals surface area contributed by atoms with Crippen LogP contribution in [0.1, 0.15) is 63.0 Å². The van der Waals surface area contributed by atoms with Gasteiger partial charge < -0.3 is 9.47 Å². The number of hydrogen-bond acceptors (Lipinski definition) is 3. The highest BCUT2D eigenvalue weighted by atomic mass is 35.5. The van der Waals surface area contributed by atoms with Gasteiger partial charge in [-0.05, 0) is 85.6 Å². The van der Waals surface area contributed by atoms with E-state index < -0.39 is 22.9 Å². The van der Waals surface area contributed by atoms with Crippen LogP contribution in [0.15, 0.2) is 59.7 Å². The van der Waals surface area contributed by atoms with Gasteiger partial charge in [-0.15, -0.1) is 0 Å². The molecule has 2 aromatic carbocycles. The molecule has 2 aliphatic heterocycles. The number of hydrogen-bond donors (Lipinski definition) is 0. The molecule has 2 aliphatic carbocycles. The molecule has 0 radical (unpaired) electrons. The molecule has 6 rings (SSSR count). The Bertz CT molecular complexity index is 1130. The molecule has 3 nitrogen and oxygen atoms in total. The minimum absolute atomic E-state index is 0.198. The van der Waals surface area contributed by atoms with Gasteiger partial charge in [0, 0.05) is 16.5 Å². The first-order valence-electron chi connectivity index (χ1n) is 12.2. The van der Waals surface area contributed by atoms with E-state index in [1.165, 1.54) is 0 Å². The smallest absolute Gasteiger partial charge is 0.183 e. The quantitative estimate of drug-likeness (QED) is 0.429. The van der Waals surface area contributed by atoms with Crippen LogP contribution < -0.4 is 0 Å². The van der Waals surface area contributed by atoms with Crippen LogP contribution in [0.5, 0.6) is 0 Å². The lowest BCUT2D eigenvalue weighted by Gasteiger charge is -2.51. The van der Waals surface area contributed by atoms with Gasteiger partial charge in [-0.3, -0.25) is 4.79 Å². The predicted octanol–water partition coefficient (Wildman–Crippen LogP) is 7.66. The molecule has 2 bridgehead atoms. The van der Waals surface area contributed by atoms with Gasteiger partial charge in [-0.1, -0.05) is 66.0 Å². The van der Waals surface area contributed by atoms with E-state index in [-0.39, 0.29) is 5.78 Å². The number of benzene rings is 2. The van der Waals surface area contributed by atoms with Crippen LogP contribution in [-0.2, 0) is 14.3 Å². The molecule has 2 saturated heterocycles. The lowest BCUT2D eigenvalue weighted by molar-refractivity contribution is -0.242. The number of ether oxygens (including phenoxy) is 2. The SMILES string of the molecule is C[C@]12CCCC[C@@]13O[C@@H](C2=O)C1(O3)/C(=C/c2ccc(Cl)cc2)CCC/C1=C\c1ccc(Cl)cc1. The Balaban J connectivity index is 1.52. The molecule has 2 heterocycles. The van der Waals surface area contributed by atoms with Gasteiger partial charge in [0.05, 0.1) is 5.41 Å². The van der Waals surface area contributed by atoms with E-state index in [2.05, 4.69) is 19.1 Å². The molecule has 3 atom stereocenters. The highest BCUT2D eigenvalue weighted by Gasteiger charge is 2.77.